The number of hydrogen-bond donors (Lipinski definition) is 2. The molecule has 146 valence electrons. The lowest BCUT2D eigenvalue weighted by molar-refractivity contribution is -0.118. The third-order valence-electron chi connectivity index (χ3n) is 3.74. The zero-order valence-corrected chi connectivity index (χ0v) is 17.7. The summed E-state index contributed by atoms with van der Waals surface area (Å²) < 4.78 is 1.05. The second-order valence-corrected chi connectivity index (χ2v) is 9.71. The summed E-state index contributed by atoms with van der Waals surface area (Å²) in [6, 6.07) is 15.3. The topological polar surface area (TPSA) is 71.1 Å². The number of thiazole rings is 1. The first kappa shape index (κ1) is 20.4. The number of nitrogens with zero attached hydrogens (tertiary/aromatic N) is 1. The third-order valence-corrected chi connectivity index (χ3v) is 5.70. The van der Waals surface area contributed by atoms with E-state index < -0.39 is 0 Å². The number of fused-ring (bicyclic) bond motifs is 1. The Balaban J connectivity index is 1.49. The molecule has 2 aromatic carbocycles. The minimum Gasteiger partial charge on any atom is -0.326 e. The SMILES string of the molecule is CC(C)(C)CC(=O)Nc1ccc(SCC(=O)Nc2nc3ccccc3s2)cc1. The molecule has 3 rings (SSSR count). The van der Waals surface area contributed by atoms with E-state index >= 15 is 0 Å². The van der Waals surface area contributed by atoms with Crippen molar-refractivity contribution in [3.8, 4) is 0 Å². The number of carbonyl (C=O) groups is 2. The molecule has 0 bridgehead atoms. The molecular formula is C21H23N3O2S2. The van der Waals surface area contributed by atoms with Gasteiger partial charge in [0.1, 0.15) is 0 Å². The zero-order valence-electron chi connectivity index (χ0n) is 16.1. The first-order valence-corrected chi connectivity index (χ1v) is 10.8. The standard InChI is InChI=1S/C21H23N3O2S2/c1-21(2,3)12-18(25)22-14-8-10-15(11-9-14)27-13-19(26)24-20-23-16-6-4-5-7-17(16)28-20/h4-11H,12-13H2,1-3H3,(H,22,25)(H,23,24,26). The Labute approximate surface area is 172 Å². The van der Waals surface area contributed by atoms with Gasteiger partial charge in [0.15, 0.2) is 5.13 Å². The third kappa shape index (κ3) is 6.07. The number of para-hydroxylation sites is 1. The van der Waals surface area contributed by atoms with Crippen LogP contribution in [0.4, 0.5) is 10.8 Å². The lowest BCUT2D eigenvalue weighted by atomic mass is 9.92. The molecule has 0 aliphatic heterocycles. The Hall–Kier alpha value is -2.38. The van der Waals surface area contributed by atoms with Gasteiger partial charge < -0.3 is 10.6 Å². The van der Waals surface area contributed by atoms with E-state index in [0.29, 0.717) is 17.3 Å². The predicted octanol–water partition coefficient (Wildman–Crippen LogP) is 5.40. The molecule has 1 heterocycles. The average Bonchev–Trinajstić information content (AvgIpc) is 3.01. The normalized spacial score (nSPS) is 11.4. The second-order valence-electron chi connectivity index (χ2n) is 7.63. The van der Waals surface area contributed by atoms with Crippen molar-refractivity contribution in [1.82, 2.24) is 4.98 Å². The summed E-state index contributed by atoms with van der Waals surface area (Å²) in [5, 5.41) is 6.37. The summed E-state index contributed by atoms with van der Waals surface area (Å²) >= 11 is 2.91. The number of aromatic nitrogens is 1. The van der Waals surface area contributed by atoms with Gasteiger partial charge in [-0.15, -0.1) is 11.8 Å². The number of anilines is 2. The molecule has 0 atom stereocenters. The Morgan fingerprint density at radius 2 is 1.71 bits per heavy atom. The maximum absolute atomic E-state index is 12.2. The average molecular weight is 414 g/mol. The molecule has 3 aromatic rings. The van der Waals surface area contributed by atoms with E-state index in [1.807, 2.05) is 69.3 Å². The number of rotatable bonds is 6. The summed E-state index contributed by atoms with van der Waals surface area (Å²) in [5.41, 5.74) is 1.60. The Kier molecular flexibility index (Phi) is 6.36. The summed E-state index contributed by atoms with van der Waals surface area (Å²) in [6.07, 6.45) is 0.468. The highest BCUT2D eigenvalue weighted by atomic mass is 32.2. The van der Waals surface area contributed by atoms with Crippen molar-refractivity contribution in [1.29, 1.82) is 0 Å². The van der Waals surface area contributed by atoms with Crippen molar-refractivity contribution in [2.75, 3.05) is 16.4 Å². The van der Waals surface area contributed by atoms with E-state index in [9.17, 15) is 9.59 Å². The van der Waals surface area contributed by atoms with Crippen LogP contribution in [0, 0.1) is 5.41 Å². The molecule has 5 nitrogen and oxygen atoms in total. The molecule has 2 N–H and O–H groups in total. The van der Waals surface area contributed by atoms with E-state index in [-0.39, 0.29) is 17.2 Å². The van der Waals surface area contributed by atoms with Gasteiger partial charge in [-0.05, 0) is 41.8 Å². The van der Waals surface area contributed by atoms with Crippen LogP contribution in [0.2, 0.25) is 0 Å². The van der Waals surface area contributed by atoms with Crippen LogP contribution < -0.4 is 10.6 Å². The largest absolute Gasteiger partial charge is 0.326 e. The Bertz CT molecular complexity index is 942. The number of benzene rings is 2. The fourth-order valence-corrected chi connectivity index (χ4v) is 4.13. The molecule has 0 saturated heterocycles. The van der Waals surface area contributed by atoms with Crippen molar-refractivity contribution < 1.29 is 9.59 Å². The van der Waals surface area contributed by atoms with Gasteiger partial charge >= 0.3 is 0 Å². The molecule has 7 heteroatoms. The van der Waals surface area contributed by atoms with Gasteiger partial charge in [-0.3, -0.25) is 9.59 Å². The maximum Gasteiger partial charge on any atom is 0.236 e. The molecule has 28 heavy (non-hydrogen) atoms. The van der Waals surface area contributed by atoms with Crippen molar-refractivity contribution in [2.24, 2.45) is 5.41 Å². The highest BCUT2D eigenvalue weighted by molar-refractivity contribution is 8.00. The van der Waals surface area contributed by atoms with Crippen molar-refractivity contribution in [2.45, 2.75) is 32.1 Å². The number of hydrogen-bond acceptors (Lipinski definition) is 5. The van der Waals surface area contributed by atoms with Crippen LogP contribution in [0.5, 0.6) is 0 Å². The Morgan fingerprint density at radius 1 is 1.00 bits per heavy atom. The maximum atomic E-state index is 12.2. The fourth-order valence-electron chi connectivity index (χ4n) is 2.55. The van der Waals surface area contributed by atoms with Crippen LogP contribution in [0.15, 0.2) is 53.4 Å². The lowest BCUT2D eigenvalue weighted by Gasteiger charge is -2.17. The van der Waals surface area contributed by atoms with Gasteiger partial charge in [0.05, 0.1) is 16.0 Å². The minimum absolute atomic E-state index is 0.00288. The van der Waals surface area contributed by atoms with Crippen LogP contribution in [0.3, 0.4) is 0 Å². The number of thioether (sulfide) groups is 1. The molecule has 0 aliphatic rings. The summed E-state index contributed by atoms with van der Waals surface area (Å²) in [6.45, 7) is 6.10. The highest BCUT2D eigenvalue weighted by Gasteiger charge is 2.16. The van der Waals surface area contributed by atoms with Gasteiger partial charge in [-0.25, -0.2) is 4.98 Å². The van der Waals surface area contributed by atoms with E-state index in [4.69, 9.17) is 0 Å². The van der Waals surface area contributed by atoms with Crippen LogP contribution in [-0.4, -0.2) is 22.6 Å². The monoisotopic (exact) mass is 413 g/mol. The molecule has 1 aromatic heterocycles. The number of amides is 2. The number of carbonyl (C=O) groups excluding carboxylic acids is 2. The first-order valence-electron chi connectivity index (χ1n) is 8.97. The van der Waals surface area contributed by atoms with E-state index in [0.717, 1.165) is 20.8 Å². The van der Waals surface area contributed by atoms with Crippen molar-refractivity contribution >= 4 is 55.9 Å². The van der Waals surface area contributed by atoms with E-state index in [2.05, 4.69) is 15.6 Å². The van der Waals surface area contributed by atoms with Gasteiger partial charge in [0.25, 0.3) is 0 Å². The van der Waals surface area contributed by atoms with E-state index in [1.54, 1.807) is 0 Å². The van der Waals surface area contributed by atoms with Crippen LogP contribution in [0.1, 0.15) is 27.2 Å². The molecule has 0 radical (unpaired) electrons. The predicted molar refractivity (Wildman–Crippen MR) is 118 cm³/mol. The molecular weight excluding hydrogens is 390 g/mol. The minimum atomic E-state index is -0.0911. The van der Waals surface area contributed by atoms with Crippen LogP contribution in [-0.2, 0) is 9.59 Å². The molecule has 0 fully saturated rings. The van der Waals surface area contributed by atoms with E-state index in [1.165, 1.54) is 23.1 Å². The summed E-state index contributed by atoms with van der Waals surface area (Å²) in [4.78, 5) is 29.6. The number of nitrogens with one attached hydrogen (secondary N) is 2. The fraction of sp³-hybridized carbons (Fsp3) is 0.286. The molecule has 0 spiro atoms. The van der Waals surface area contributed by atoms with Gasteiger partial charge in [0, 0.05) is 17.0 Å². The molecule has 0 saturated carbocycles. The van der Waals surface area contributed by atoms with Gasteiger partial charge in [-0.2, -0.15) is 0 Å². The Morgan fingerprint density at radius 3 is 2.39 bits per heavy atom. The van der Waals surface area contributed by atoms with Crippen LogP contribution in [0.25, 0.3) is 10.2 Å². The molecule has 2 amide bonds. The van der Waals surface area contributed by atoms with Crippen LogP contribution >= 0.6 is 23.1 Å². The first-order chi connectivity index (χ1) is 13.3. The second kappa shape index (κ2) is 8.75. The lowest BCUT2D eigenvalue weighted by Crippen LogP contribution is -2.19. The van der Waals surface area contributed by atoms with Crippen molar-refractivity contribution in [3.05, 3.63) is 48.5 Å². The summed E-state index contributed by atoms with van der Waals surface area (Å²) in [7, 11) is 0. The quantitative estimate of drug-likeness (QED) is 0.531. The highest BCUT2D eigenvalue weighted by Crippen LogP contribution is 2.26. The smallest absolute Gasteiger partial charge is 0.236 e. The van der Waals surface area contributed by atoms with Gasteiger partial charge in [0.2, 0.25) is 11.8 Å². The zero-order chi connectivity index (χ0) is 20.1. The molecule has 0 unspecified atom stereocenters. The molecule has 0 aliphatic carbocycles. The summed E-state index contributed by atoms with van der Waals surface area (Å²) in [5.74, 6) is 0.209. The van der Waals surface area contributed by atoms with Gasteiger partial charge in [-0.1, -0.05) is 44.2 Å². The van der Waals surface area contributed by atoms with Crippen molar-refractivity contribution in [3.63, 3.8) is 0 Å².